The number of sulfonamides is 1. The lowest BCUT2D eigenvalue weighted by Gasteiger charge is -2.14. The number of anilines is 2. The monoisotopic (exact) mass is 380 g/mol. The minimum Gasteiger partial charge on any atom is -0.497 e. The number of rotatable bonds is 7. The van der Waals surface area contributed by atoms with Crippen LogP contribution in [0.1, 0.15) is 6.92 Å². The van der Waals surface area contributed by atoms with Gasteiger partial charge in [0.1, 0.15) is 17.2 Å². The largest absolute Gasteiger partial charge is 0.497 e. The van der Waals surface area contributed by atoms with Gasteiger partial charge in [0, 0.05) is 19.1 Å². The van der Waals surface area contributed by atoms with E-state index in [1.807, 2.05) is 0 Å². The zero-order valence-corrected chi connectivity index (χ0v) is 15.6. The Morgan fingerprint density at radius 1 is 0.885 bits per heavy atom. The Morgan fingerprint density at radius 2 is 1.50 bits per heavy atom. The van der Waals surface area contributed by atoms with Crippen LogP contribution in [0.25, 0.3) is 0 Å². The van der Waals surface area contributed by atoms with Crippen molar-refractivity contribution in [3.05, 3.63) is 36.4 Å². The van der Waals surface area contributed by atoms with Gasteiger partial charge in [-0.15, -0.1) is 0 Å². The van der Waals surface area contributed by atoms with E-state index in [2.05, 4.69) is 10.0 Å². The van der Waals surface area contributed by atoms with Crippen LogP contribution < -0.4 is 24.2 Å². The molecule has 0 unspecified atom stereocenters. The van der Waals surface area contributed by atoms with E-state index in [1.165, 1.54) is 52.5 Å². The Labute approximate surface area is 152 Å². The van der Waals surface area contributed by atoms with Crippen molar-refractivity contribution in [2.24, 2.45) is 0 Å². The molecule has 1 amide bonds. The van der Waals surface area contributed by atoms with Gasteiger partial charge in [-0.25, -0.2) is 8.42 Å². The molecular weight excluding hydrogens is 360 g/mol. The smallest absolute Gasteiger partial charge is 0.262 e. The lowest BCUT2D eigenvalue weighted by atomic mass is 10.3. The summed E-state index contributed by atoms with van der Waals surface area (Å²) in [6, 6.07) is 8.87. The van der Waals surface area contributed by atoms with E-state index in [-0.39, 0.29) is 22.2 Å². The highest BCUT2D eigenvalue weighted by atomic mass is 32.2. The molecule has 0 atom stereocenters. The summed E-state index contributed by atoms with van der Waals surface area (Å²) >= 11 is 0. The van der Waals surface area contributed by atoms with Crippen LogP contribution in [-0.4, -0.2) is 35.7 Å². The van der Waals surface area contributed by atoms with Gasteiger partial charge in [0.15, 0.2) is 0 Å². The summed E-state index contributed by atoms with van der Waals surface area (Å²) in [5.41, 5.74) is 0.638. The van der Waals surface area contributed by atoms with Crippen molar-refractivity contribution in [1.82, 2.24) is 0 Å². The second-order valence-corrected chi connectivity index (χ2v) is 6.90. The molecule has 0 heterocycles. The second-order valence-electron chi connectivity index (χ2n) is 5.21. The third-order valence-electron chi connectivity index (χ3n) is 3.45. The first kappa shape index (κ1) is 19.4. The number of methoxy groups -OCH3 is 3. The first-order valence-electron chi connectivity index (χ1n) is 7.51. The van der Waals surface area contributed by atoms with E-state index in [0.29, 0.717) is 17.2 Å². The zero-order valence-electron chi connectivity index (χ0n) is 14.8. The lowest BCUT2D eigenvalue weighted by molar-refractivity contribution is -0.114. The standard InChI is InChI=1S/C17H20N2O6S/c1-11(20)18-14-8-6-13(10-17(14)25-4)26(21,22)19-15-7-5-12(23-2)9-16(15)24-3/h5-10,19H,1-4H3,(H,18,20). The Balaban J connectivity index is 2.37. The SMILES string of the molecule is COc1ccc(NS(=O)(=O)c2ccc(NC(C)=O)c(OC)c2)c(OC)c1. The average Bonchev–Trinajstić information content (AvgIpc) is 2.61. The van der Waals surface area contributed by atoms with E-state index < -0.39 is 10.0 Å². The number of amides is 1. The van der Waals surface area contributed by atoms with Gasteiger partial charge in [0.05, 0.1) is 37.6 Å². The molecule has 9 heteroatoms. The summed E-state index contributed by atoms with van der Waals surface area (Å²) in [5.74, 6) is 0.783. The number of carbonyl (C=O) groups is 1. The van der Waals surface area contributed by atoms with Gasteiger partial charge < -0.3 is 19.5 Å². The lowest BCUT2D eigenvalue weighted by Crippen LogP contribution is -2.14. The molecule has 0 bridgehead atoms. The fourth-order valence-electron chi connectivity index (χ4n) is 2.22. The molecule has 0 radical (unpaired) electrons. The number of benzene rings is 2. The van der Waals surface area contributed by atoms with Crippen LogP contribution in [0, 0.1) is 0 Å². The molecule has 8 nitrogen and oxygen atoms in total. The molecule has 0 fully saturated rings. The number of hydrogen-bond acceptors (Lipinski definition) is 6. The highest BCUT2D eigenvalue weighted by Crippen LogP contribution is 2.32. The maximum Gasteiger partial charge on any atom is 0.262 e. The Kier molecular flexibility index (Phi) is 5.93. The zero-order chi connectivity index (χ0) is 19.3. The maximum atomic E-state index is 12.7. The van der Waals surface area contributed by atoms with Crippen LogP contribution in [0.5, 0.6) is 17.2 Å². The molecule has 2 N–H and O–H groups in total. The fraction of sp³-hybridized carbons (Fsp3) is 0.235. The van der Waals surface area contributed by atoms with E-state index in [1.54, 1.807) is 12.1 Å². The third kappa shape index (κ3) is 4.37. The van der Waals surface area contributed by atoms with E-state index in [9.17, 15) is 13.2 Å². The highest BCUT2D eigenvalue weighted by molar-refractivity contribution is 7.92. The average molecular weight is 380 g/mol. The van der Waals surface area contributed by atoms with Crippen LogP contribution in [0.2, 0.25) is 0 Å². The minimum atomic E-state index is -3.91. The van der Waals surface area contributed by atoms with E-state index in [0.717, 1.165) is 0 Å². The Hall–Kier alpha value is -2.94. The first-order chi connectivity index (χ1) is 12.3. The minimum absolute atomic E-state index is 0.0266. The number of hydrogen-bond donors (Lipinski definition) is 2. The van der Waals surface area contributed by atoms with Gasteiger partial charge in [-0.1, -0.05) is 0 Å². The van der Waals surface area contributed by atoms with Crippen LogP contribution >= 0.6 is 0 Å². The van der Waals surface area contributed by atoms with Gasteiger partial charge in [-0.2, -0.15) is 0 Å². The third-order valence-corrected chi connectivity index (χ3v) is 4.81. The van der Waals surface area contributed by atoms with Crippen LogP contribution in [0.15, 0.2) is 41.3 Å². The van der Waals surface area contributed by atoms with Gasteiger partial charge >= 0.3 is 0 Å². The summed E-state index contributed by atoms with van der Waals surface area (Å²) in [7, 11) is 0.409. The molecule has 0 aliphatic heterocycles. The number of ether oxygens (including phenoxy) is 3. The molecule has 140 valence electrons. The van der Waals surface area contributed by atoms with Crippen molar-refractivity contribution >= 4 is 27.3 Å². The molecule has 0 saturated heterocycles. The van der Waals surface area contributed by atoms with Crippen molar-refractivity contribution in [1.29, 1.82) is 0 Å². The fourth-order valence-corrected chi connectivity index (χ4v) is 3.30. The molecule has 0 aliphatic carbocycles. The van der Waals surface area contributed by atoms with Crippen LogP contribution in [-0.2, 0) is 14.8 Å². The number of carbonyl (C=O) groups excluding carboxylic acids is 1. The van der Waals surface area contributed by atoms with Crippen molar-refractivity contribution in [3.8, 4) is 17.2 Å². The topological polar surface area (TPSA) is 103 Å². The molecular formula is C17H20N2O6S. The molecule has 2 aromatic carbocycles. The van der Waals surface area contributed by atoms with Gasteiger partial charge in [0.2, 0.25) is 5.91 Å². The summed E-state index contributed by atoms with van der Waals surface area (Å²) in [4.78, 5) is 11.2. The summed E-state index contributed by atoms with van der Waals surface area (Å²) in [6.07, 6.45) is 0. The maximum absolute atomic E-state index is 12.7. The predicted molar refractivity (Wildman–Crippen MR) is 97.7 cm³/mol. The number of nitrogens with one attached hydrogen (secondary N) is 2. The normalized spacial score (nSPS) is 10.8. The molecule has 0 aliphatic rings. The highest BCUT2D eigenvalue weighted by Gasteiger charge is 2.19. The second kappa shape index (κ2) is 7.96. The summed E-state index contributed by atoms with van der Waals surface area (Å²) in [5, 5.41) is 2.57. The summed E-state index contributed by atoms with van der Waals surface area (Å²) in [6.45, 7) is 1.35. The predicted octanol–water partition coefficient (Wildman–Crippen LogP) is 2.47. The molecule has 0 saturated carbocycles. The van der Waals surface area contributed by atoms with Crippen LogP contribution in [0.3, 0.4) is 0 Å². The summed E-state index contributed by atoms with van der Waals surface area (Å²) < 4.78 is 43.3. The van der Waals surface area contributed by atoms with Crippen molar-refractivity contribution in [2.75, 3.05) is 31.4 Å². The van der Waals surface area contributed by atoms with Gasteiger partial charge in [0.25, 0.3) is 10.0 Å². The van der Waals surface area contributed by atoms with E-state index in [4.69, 9.17) is 14.2 Å². The van der Waals surface area contributed by atoms with Gasteiger partial charge in [-0.3, -0.25) is 9.52 Å². The molecule has 2 rings (SSSR count). The quantitative estimate of drug-likeness (QED) is 0.765. The Morgan fingerprint density at radius 3 is 2.08 bits per heavy atom. The van der Waals surface area contributed by atoms with Crippen molar-refractivity contribution < 1.29 is 27.4 Å². The van der Waals surface area contributed by atoms with Crippen molar-refractivity contribution in [3.63, 3.8) is 0 Å². The Bertz CT molecular complexity index is 911. The molecule has 0 spiro atoms. The molecule has 26 heavy (non-hydrogen) atoms. The van der Waals surface area contributed by atoms with Crippen molar-refractivity contribution in [2.45, 2.75) is 11.8 Å². The molecule has 2 aromatic rings. The van der Waals surface area contributed by atoms with Gasteiger partial charge in [-0.05, 0) is 24.3 Å². The first-order valence-corrected chi connectivity index (χ1v) is 8.99. The van der Waals surface area contributed by atoms with E-state index >= 15 is 0 Å². The van der Waals surface area contributed by atoms with Crippen LogP contribution in [0.4, 0.5) is 11.4 Å². The molecule has 0 aromatic heterocycles.